The maximum atomic E-state index is 10.3. The highest BCUT2D eigenvalue weighted by atomic mass is 16.4. The summed E-state index contributed by atoms with van der Waals surface area (Å²) in [6.07, 6.45) is 1.87. The van der Waals surface area contributed by atoms with Crippen molar-refractivity contribution >= 4 is 5.97 Å². The molecule has 1 unspecified atom stereocenters. The molecule has 2 atom stereocenters. The topological polar surface area (TPSA) is 63.3 Å². The van der Waals surface area contributed by atoms with E-state index in [-0.39, 0.29) is 5.92 Å². The first-order valence-electron chi connectivity index (χ1n) is 3.58. The first kappa shape index (κ1) is 9.43. The van der Waals surface area contributed by atoms with Crippen molar-refractivity contribution in [3.8, 4) is 0 Å². The van der Waals surface area contributed by atoms with Crippen molar-refractivity contribution in [3.63, 3.8) is 0 Å². The molecular formula is C7H15NO2. The number of hydrogen-bond donors (Lipinski definition) is 2. The van der Waals surface area contributed by atoms with Crippen LogP contribution in [-0.2, 0) is 4.79 Å². The summed E-state index contributed by atoms with van der Waals surface area (Å²) in [6.45, 7) is 3.88. The molecule has 0 saturated carbocycles. The van der Waals surface area contributed by atoms with E-state index >= 15 is 0 Å². The summed E-state index contributed by atoms with van der Waals surface area (Å²) in [6, 6.07) is -0.694. The van der Waals surface area contributed by atoms with Gasteiger partial charge >= 0.3 is 5.97 Å². The smallest absolute Gasteiger partial charge is 0.320 e. The van der Waals surface area contributed by atoms with Gasteiger partial charge < -0.3 is 10.8 Å². The van der Waals surface area contributed by atoms with E-state index in [0.717, 1.165) is 12.8 Å². The van der Waals surface area contributed by atoms with Crippen molar-refractivity contribution in [2.45, 2.75) is 32.7 Å². The van der Waals surface area contributed by atoms with Crippen molar-refractivity contribution in [1.82, 2.24) is 0 Å². The number of hydrogen-bond acceptors (Lipinski definition) is 2. The summed E-state index contributed by atoms with van der Waals surface area (Å²) in [5.41, 5.74) is 5.35. The predicted molar refractivity (Wildman–Crippen MR) is 39.7 cm³/mol. The molecule has 0 heterocycles. The highest BCUT2D eigenvalue weighted by Gasteiger charge is 2.18. The fraction of sp³-hybridized carbons (Fsp3) is 0.857. The molecule has 0 amide bonds. The monoisotopic (exact) mass is 145 g/mol. The quantitative estimate of drug-likeness (QED) is 0.616. The number of aliphatic carboxylic acids is 1. The van der Waals surface area contributed by atoms with Gasteiger partial charge in [-0.3, -0.25) is 4.79 Å². The minimum Gasteiger partial charge on any atom is -0.480 e. The second-order valence-electron chi connectivity index (χ2n) is 2.63. The van der Waals surface area contributed by atoms with Gasteiger partial charge in [-0.25, -0.2) is 0 Å². The predicted octanol–water partition coefficient (Wildman–Crippen LogP) is 0.834. The van der Waals surface area contributed by atoms with E-state index in [4.69, 9.17) is 10.8 Å². The summed E-state index contributed by atoms with van der Waals surface area (Å²) in [5, 5.41) is 8.45. The van der Waals surface area contributed by atoms with Crippen molar-refractivity contribution in [1.29, 1.82) is 0 Å². The Morgan fingerprint density at radius 3 is 2.50 bits per heavy atom. The Morgan fingerprint density at radius 1 is 1.70 bits per heavy atom. The third-order valence-corrected chi connectivity index (χ3v) is 1.64. The molecular weight excluding hydrogens is 130 g/mol. The Bertz CT molecular complexity index is 114. The number of rotatable bonds is 4. The zero-order valence-electron chi connectivity index (χ0n) is 6.50. The van der Waals surface area contributed by atoms with E-state index in [0.29, 0.717) is 0 Å². The Kier molecular flexibility index (Phi) is 4.03. The molecule has 0 fully saturated rings. The number of nitrogens with two attached hydrogens (primary N) is 1. The first-order valence-corrected chi connectivity index (χ1v) is 3.58. The lowest BCUT2D eigenvalue weighted by atomic mass is 9.98. The highest BCUT2D eigenvalue weighted by Crippen LogP contribution is 2.08. The SMILES string of the molecule is CCCC(C)[C@@H](N)C(=O)O. The van der Waals surface area contributed by atoms with Gasteiger partial charge in [0, 0.05) is 0 Å². The molecule has 0 bridgehead atoms. The molecule has 60 valence electrons. The summed E-state index contributed by atoms with van der Waals surface area (Å²) >= 11 is 0. The summed E-state index contributed by atoms with van der Waals surface area (Å²) < 4.78 is 0. The molecule has 0 aromatic carbocycles. The molecule has 0 saturated heterocycles. The van der Waals surface area contributed by atoms with Gasteiger partial charge in [0.1, 0.15) is 6.04 Å². The van der Waals surface area contributed by atoms with Gasteiger partial charge in [0.2, 0.25) is 0 Å². The molecule has 0 aliphatic heterocycles. The molecule has 0 aromatic rings. The molecule has 3 N–H and O–H groups in total. The maximum Gasteiger partial charge on any atom is 0.320 e. The first-order chi connectivity index (χ1) is 4.59. The van der Waals surface area contributed by atoms with Crippen LogP contribution in [0, 0.1) is 5.92 Å². The Labute approximate surface area is 61.2 Å². The van der Waals surface area contributed by atoms with Gasteiger partial charge in [-0.2, -0.15) is 0 Å². The minimum absolute atomic E-state index is 0.0856. The van der Waals surface area contributed by atoms with Crippen LogP contribution in [0.15, 0.2) is 0 Å². The van der Waals surface area contributed by atoms with Crippen LogP contribution in [0.2, 0.25) is 0 Å². The van der Waals surface area contributed by atoms with Crippen molar-refractivity contribution in [2.24, 2.45) is 11.7 Å². The van der Waals surface area contributed by atoms with Crippen LogP contribution >= 0.6 is 0 Å². The second kappa shape index (κ2) is 4.28. The lowest BCUT2D eigenvalue weighted by molar-refractivity contribution is -0.139. The van der Waals surface area contributed by atoms with Crippen molar-refractivity contribution < 1.29 is 9.90 Å². The normalized spacial score (nSPS) is 16.3. The van der Waals surface area contributed by atoms with Gasteiger partial charge in [-0.15, -0.1) is 0 Å². The summed E-state index contributed by atoms with van der Waals surface area (Å²) in [7, 11) is 0. The lowest BCUT2D eigenvalue weighted by Crippen LogP contribution is -2.36. The van der Waals surface area contributed by atoms with Crippen molar-refractivity contribution in [2.75, 3.05) is 0 Å². The van der Waals surface area contributed by atoms with Crippen LogP contribution < -0.4 is 5.73 Å². The Balaban J connectivity index is 3.69. The zero-order chi connectivity index (χ0) is 8.15. The molecule has 0 aliphatic carbocycles. The molecule has 0 radical (unpaired) electrons. The van der Waals surface area contributed by atoms with Crippen LogP contribution in [-0.4, -0.2) is 17.1 Å². The van der Waals surface area contributed by atoms with Crippen LogP contribution in [0.1, 0.15) is 26.7 Å². The van der Waals surface area contributed by atoms with E-state index in [9.17, 15) is 4.79 Å². The third kappa shape index (κ3) is 2.82. The van der Waals surface area contributed by atoms with Gasteiger partial charge in [0.05, 0.1) is 0 Å². The largest absolute Gasteiger partial charge is 0.480 e. The molecule has 0 aromatic heterocycles. The van der Waals surface area contributed by atoms with Crippen molar-refractivity contribution in [3.05, 3.63) is 0 Å². The third-order valence-electron chi connectivity index (χ3n) is 1.64. The van der Waals surface area contributed by atoms with Crippen LogP contribution in [0.3, 0.4) is 0 Å². The average Bonchev–Trinajstić information content (AvgIpc) is 1.87. The molecule has 10 heavy (non-hydrogen) atoms. The second-order valence-corrected chi connectivity index (χ2v) is 2.63. The fourth-order valence-electron chi connectivity index (χ4n) is 0.878. The van der Waals surface area contributed by atoms with E-state index in [2.05, 4.69) is 0 Å². The maximum absolute atomic E-state index is 10.3. The number of carbonyl (C=O) groups is 1. The Hall–Kier alpha value is -0.570. The van der Waals surface area contributed by atoms with E-state index in [1.165, 1.54) is 0 Å². The molecule has 3 heteroatoms. The standard InChI is InChI=1S/C7H15NO2/c1-3-4-5(2)6(8)7(9)10/h5-6H,3-4,8H2,1-2H3,(H,9,10)/t5?,6-/m1/s1. The summed E-state index contributed by atoms with van der Waals surface area (Å²) in [4.78, 5) is 10.3. The fourth-order valence-corrected chi connectivity index (χ4v) is 0.878. The van der Waals surface area contributed by atoms with Gasteiger partial charge in [0.25, 0.3) is 0 Å². The number of carboxylic acid groups (broad SMARTS) is 1. The molecule has 0 spiro atoms. The minimum atomic E-state index is -0.902. The van der Waals surface area contributed by atoms with E-state index in [1.54, 1.807) is 0 Å². The lowest BCUT2D eigenvalue weighted by Gasteiger charge is -2.13. The zero-order valence-corrected chi connectivity index (χ0v) is 6.50. The van der Waals surface area contributed by atoms with Gasteiger partial charge in [-0.05, 0) is 12.3 Å². The molecule has 3 nitrogen and oxygen atoms in total. The molecule has 0 rings (SSSR count). The number of carboxylic acids is 1. The van der Waals surface area contributed by atoms with Crippen LogP contribution in [0.4, 0.5) is 0 Å². The van der Waals surface area contributed by atoms with Gasteiger partial charge in [0.15, 0.2) is 0 Å². The highest BCUT2D eigenvalue weighted by molar-refractivity contribution is 5.73. The van der Waals surface area contributed by atoms with Gasteiger partial charge in [-0.1, -0.05) is 20.3 Å². The average molecular weight is 145 g/mol. The van der Waals surface area contributed by atoms with E-state index in [1.807, 2.05) is 13.8 Å². The van der Waals surface area contributed by atoms with E-state index < -0.39 is 12.0 Å². The summed E-state index contributed by atoms with van der Waals surface area (Å²) in [5.74, 6) is -0.816. The molecule has 0 aliphatic rings. The Morgan fingerprint density at radius 2 is 2.20 bits per heavy atom. The van der Waals surface area contributed by atoms with Crippen LogP contribution in [0.25, 0.3) is 0 Å². The van der Waals surface area contributed by atoms with Crippen LogP contribution in [0.5, 0.6) is 0 Å².